The third kappa shape index (κ3) is 3.72. The number of esters is 1. The first kappa shape index (κ1) is 18.0. The predicted molar refractivity (Wildman–Crippen MR) is 92.9 cm³/mol. The van der Waals surface area contributed by atoms with Crippen LogP contribution in [0.2, 0.25) is 10.0 Å². The zero-order valence-corrected chi connectivity index (χ0v) is 14.9. The number of amides is 2. The summed E-state index contributed by atoms with van der Waals surface area (Å²) in [6, 6.07) is 5.02. The van der Waals surface area contributed by atoms with E-state index in [1.807, 2.05) is 12.2 Å². The lowest BCUT2D eigenvalue weighted by Crippen LogP contribution is -2.33. The number of hydrogen-bond acceptors (Lipinski definition) is 4. The van der Waals surface area contributed by atoms with Gasteiger partial charge in [-0.1, -0.05) is 41.4 Å². The summed E-state index contributed by atoms with van der Waals surface area (Å²) >= 11 is 12.0. The largest absolute Gasteiger partial charge is 0.461 e. The Hall–Kier alpha value is -1.85. The van der Waals surface area contributed by atoms with E-state index in [1.165, 1.54) is 4.90 Å². The molecule has 0 saturated carbocycles. The van der Waals surface area contributed by atoms with Crippen LogP contribution in [0, 0.1) is 11.8 Å². The van der Waals surface area contributed by atoms with Gasteiger partial charge in [0.25, 0.3) is 0 Å². The number of fused-ring (bicyclic) bond motifs is 1. The third-order valence-electron chi connectivity index (χ3n) is 4.58. The topological polar surface area (TPSA) is 63.7 Å². The summed E-state index contributed by atoms with van der Waals surface area (Å²) < 4.78 is 5.17. The summed E-state index contributed by atoms with van der Waals surface area (Å²) in [7, 11) is 0. The highest BCUT2D eigenvalue weighted by molar-refractivity contribution is 6.35. The third-order valence-corrected chi connectivity index (χ3v) is 5.29. The zero-order chi connectivity index (χ0) is 18.0. The van der Waals surface area contributed by atoms with Gasteiger partial charge in [-0.2, -0.15) is 0 Å². The van der Waals surface area contributed by atoms with Crippen LogP contribution in [0.3, 0.4) is 0 Å². The van der Waals surface area contributed by atoms with Crippen LogP contribution in [0.5, 0.6) is 0 Å². The Balaban J connectivity index is 1.53. The monoisotopic (exact) mass is 381 g/mol. The number of rotatable bonds is 5. The second-order valence-corrected chi connectivity index (χ2v) is 6.91. The maximum Gasteiger partial charge on any atom is 0.307 e. The van der Waals surface area contributed by atoms with Crippen LogP contribution in [0.15, 0.2) is 30.4 Å². The average molecular weight is 382 g/mol. The second kappa shape index (κ2) is 7.58. The number of nitrogens with zero attached hydrogens (tertiary/aromatic N) is 1. The van der Waals surface area contributed by atoms with Gasteiger partial charge >= 0.3 is 5.97 Å². The van der Waals surface area contributed by atoms with Crippen molar-refractivity contribution >= 4 is 41.0 Å². The van der Waals surface area contributed by atoms with Crippen LogP contribution in [-0.2, 0) is 25.7 Å². The van der Waals surface area contributed by atoms with Crippen molar-refractivity contribution in [1.82, 2.24) is 4.90 Å². The summed E-state index contributed by atoms with van der Waals surface area (Å²) in [6.45, 7) is -0.00580. The first-order valence-corrected chi connectivity index (χ1v) is 8.83. The summed E-state index contributed by atoms with van der Waals surface area (Å²) in [5, 5.41) is 0.837. The van der Waals surface area contributed by atoms with E-state index >= 15 is 0 Å². The molecule has 1 aromatic rings. The molecule has 0 unspecified atom stereocenters. The van der Waals surface area contributed by atoms with Crippen LogP contribution in [0.25, 0.3) is 0 Å². The number of ether oxygens (including phenoxy) is 1. The Morgan fingerprint density at radius 2 is 1.64 bits per heavy atom. The van der Waals surface area contributed by atoms with Gasteiger partial charge in [0, 0.05) is 22.2 Å². The molecule has 1 heterocycles. The van der Waals surface area contributed by atoms with Gasteiger partial charge in [0.1, 0.15) is 6.61 Å². The lowest BCUT2D eigenvalue weighted by atomic mass is 9.85. The summed E-state index contributed by atoms with van der Waals surface area (Å²) in [4.78, 5) is 37.8. The molecule has 0 spiro atoms. The predicted octanol–water partition coefficient (Wildman–Crippen LogP) is 3.38. The van der Waals surface area contributed by atoms with Gasteiger partial charge in [-0.05, 0) is 25.0 Å². The average Bonchev–Trinajstić information content (AvgIpc) is 2.84. The van der Waals surface area contributed by atoms with Crippen LogP contribution >= 0.6 is 23.2 Å². The van der Waals surface area contributed by atoms with Gasteiger partial charge in [0.2, 0.25) is 11.8 Å². The smallest absolute Gasteiger partial charge is 0.307 e. The molecule has 7 heteroatoms. The number of allylic oxidation sites excluding steroid dienone is 2. The van der Waals surface area contributed by atoms with E-state index in [2.05, 4.69) is 0 Å². The first-order valence-electron chi connectivity index (χ1n) is 8.07. The minimum Gasteiger partial charge on any atom is -0.461 e. The van der Waals surface area contributed by atoms with Crippen molar-refractivity contribution in [2.75, 3.05) is 6.54 Å². The molecule has 3 rings (SSSR count). The van der Waals surface area contributed by atoms with Gasteiger partial charge in [0.15, 0.2) is 0 Å². The fraction of sp³-hybridized carbons (Fsp3) is 0.389. The van der Waals surface area contributed by atoms with E-state index in [0.717, 1.165) is 0 Å². The molecule has 2 aliphatic rings. The molecule has 0 aromatic heterocycles. The van der Waals surface area contributed by atoms with E-state index in [4.69, 9.17) is 27.9 Å². The van der Waals surface area contributed by atoms with Crippen molar-refractivity contribution in [3.8, 4) is 0 Å². The Kier molecular flexibility index (Phi) is 5.45. The minimum absolute atomic E-state index is 0.0414. The molecule has 1 aliphatic carbocycles. The molecule has 1 fully saturated rings. The highest BCUT2D eigenvalue weighted by Gasteiger charge is 2.46. The summed E-state index contributed by atoms with van der Waals surface area (Å²) in [5.74, 6) is -1.46. The van der Waals surface area contributed by atoms with Crippen molar-refractivity contribution in [3.05, 3.63) is 46.0 Å². The number of halogens is 2. The number of benzene rings is 1. The molecule has 0 radical (unpaired) electrons. The Labute approximate surface area is 155 Å². The van der Waals surface area contributed by atoms with Crippen LogP contribution in [-0.4, -0.2) is 29.2 Å². The Morgan fingerprint density at radius 3 is 2.20 bits per heavy atom. The summed E-state index contributed by atoms with van der Waals surface area (Å²) in [5.41, 5.74) is 0.532. The standard InChI is InChI=1S/C18H17Cl2NO4/c19-14-6-3-7-15(20)13(14)10-25-16(22)8-9-21-17(23)11-4-1-2-5-12(11)18(21)24/h1-3,6-7,11-12H,4-5,8-10H2/t11-,12+. The molecule has 5 nitrogen and oxygen atoms in total. The number of hydrogen-bond donors (Lipinski definition) is 0. The normalized spacial score (nSPS) is 22.2. The van der Waals surface area contributed by atoms with E-state index in [9.17, 15) is 14.4 Å². The van der Waals surface area contributed by atoms with Crippen molar-refractivity contribution in [2.45, 2.75) is 25.9 Å². The zero-order valence-electron chi connectivity index (χ0n) is 13.4. The minimum atomic E-state index is -0.510. The maximum absolute atomic E-state index is 12.3. The lowest BCUT2D eigenvalue weighted by molar-refractivity contribution is -0.146. The van der Waals surface area contributed by atoms with Gasteiger partial charge < -0.3 is 4.74 Å². The van der Waals surface area contributed by atoms with E-state index in [-0.39, 0.29) is 43.2 Å². The molecular formula is C18H17Cl2NO4. The highest BCUT2D eigenvalue weighted by atomic mass is 35.5. The molecule has 0 bridgehead atoms. The van der Waals surface area contributed by atoms with E-state index in [1.54, 1.807) is 18.2 Å². The molecule has 2 amide bonds. The molecule has 1 aromatic carbocycles. The number of imide groups is 1. The van der Waals surface area contributed by atoms with Gasteiger partial charge in [-0.15, -0.1) is 0 Å². The Morgan fingerprint density at radius 1 is 1.08 bits per heavy atom. The number of likely N-dealkylation sites (tertiary alicyclic amines) is 1. The fourth-order valence-electron chi connectivity index (χ4n) is 3.19. The van der Waals surface area contributed by atoms with Crippen molar-refractivity contribution in [2.24, 2.45) is 11.8 Å². The number of carbonyl (C=O) groups is 3. The second-order valence-electron chi connectivity index (χ2n) is 6.09. The van der Waals surface area contributed by atoms with E-state index < -0.39 is 5.97 Å². The van der Waals surface area contributed by atoms with Crippen LogP contribution < -0.4 is 0 Å². The highest BCUT2D eigenvalue weighted by Crippen LogP contribution is 2.35. The fourth-order valence-corrected chi connectivity index (χ4v) is 3.69. The van der Waals surface area contributed by atoms with Crippen molar-refractivity contribution < 1.29 is 19.1 Å². The molecule has 25 heavy (non-hydrogen) atoms. The van der Waals surface area contributed by atoms with Crippen molar-refractivity contribution in [3.63, 3.8) is 0 Å². The van der Waals surface area contributed by atoms with Gasteiger partial charge in [-0.25, -0.2) is 0 Å². The van der Waals surface area contributed by atoms with E-state index in [0.29, 0.717) is 28.5 Å². The molecule has 1 aliphatic heterocycles. The maximum atomic E-state index is 12.3. The molecular weight excluding hydrogens is 365 g/mol. The number of carbonyl (C=O) groups excluding carboxylic acids is 3. The lowest BCUT2D eigenvalue weighted by Gasteiger charge is -2.14. The summed E-state index contributed by atoms with van der Waals surface area (Å²) in [6.07, 6.45) is 4.98. The molecule has 1 saturated heterocycles. The van der Waals surface area contributed by atoms with Crippen molar-refractivity contribution in [1.29, 1.82) is 0 Å². The van der Waals surface area contributed by atoms with Crippen LogP contribution in [0.4, 0.5) is 0 Å². The van der Waals surface area contributed by atoms with Gasteiger partial charge in [0.05, 0.1) is 18.3 Å². The van der Waals surface area contributed by atoms with Crippen LogP contribution in [0.1, 0.15) is 24.8 Å². The molecule has 2 atom stereocenters. The molecule has 0 N–H and O–H groups in total. The Bertz CT molecular complexity index is 700. The SMILES string of the molecule is O=C(CCN1C(=O)[C@H]2CC=CC[C@H]2C1=O)OCc1c(Cl)cccc1Cl. The van der Waals surface area contributed by atoms with Gasteiger partial charge in [-0.3, -0.25) is 19.3 Å². The quantitative estimate of drug-likeness (QED) is 0.445. The first-order chi connectivity index (χ1) is 12.0. The molecule has 132 valence electrons.